The molecule has 0 saturated carbocycles. The minimum absolute atomic E-state index is 0.0653. The summed E-state index contributed by atoms with van der Waals surface area (Å²) in [7, 11) is 0. The highest BCUT2D eigenvalue weighted by molar-refractivity contribution is 5.82. The summed E-state index contributed by atoms with van der Waals surface area (Å²) in [5, 5.41) is 15.4. The van der Waals surface area contributed by atoms with Crippen LogP contribution in [0.4, 0.5) is 0 Å². The number of aromatic nitrogens is 2. The largest absolute Gasteiger partial charge is 0.474 e. The molecule has 14 heavy (non-hydrogen) atoms. The third kappa shape index (κ3) is 1.37. The first-order chi connectivity index (χ1) is 6.66. The minimum atomic E-state index is -1.26. The van der Waals surface area contributed by atoms with E-state index in [0.717, 1.165) is 0 Å². The van der Waals surface area contributed by atoms with Crippen molar-refractivity contribution < 1.29 is 18.7 Å². The van der Waals surface area contributed by atoms with Crippen molar-refractivity contribution in [2.45, 2.75) is 6.92 Å². The van der Waals surface area contributed by atoms with Gasteiger partial charge in [0, 0.05) is 0 Å². The van der Waals surface area contributed by atoms with Gasteiger partial charge in [0.1, 0.15) is 5.76 Å². The van der Waals surface area contributed by atoms with E-state index in [-0.39, 0.29) is 5.89 Å². The predicted molar refractivity (Wildman–Crippen MR) is 43.7 cm³/mol. The zero-order valence-corrected chi connectivity index (χ0v) is 7.22. The summed E-state index contributed by atoms with van der Waals surface area (Å²) in [4.78, 5) is 10.4. The van der Waals surface area contributed by atoms with Crippen molar-refractivity contribution in [1.29, 1.82) is 0 Å². The Balaban J connectivity index is 2.38. The van der Waals surface area contributed by atoms with Gasteiger partial charge in [0.15, 0.2) is 5.76 Å². The molecule has 0 fully saturated rings. The Kier molecular flexibility index (Phi) is 1.81. The van der Waals surface area contributed by atoms with E-state index in [2.05, 4.69) is 10.2 Å². The molecule has 0 bridgehead atoms. The van der Waals surface area contributed by atoms with E-state index in [1.807, 2.05) is 0 Å². The topological polar surface area (TPSA) is 89.4 Å². The zero-order chi connectivity index (χ0) is 10.1. The van der Waals surface area contributed by atoms with Gasteiger partial charge >= 0.3 is 11.9 Å². The van der Waals surface area contributed by atoms with Crippen LogP contribution in [0.1, 0.15) is 16.4 Å². The SMILES string of the molecule is Cc1ccc(-c2nnc(C(=O)O)o2)o1. The molecule has 0 radical (unpaired) electrons. The molecule has 6 nitrogen and oxygen atoms in total. The molecule has 0 aliphatic carbocycles. The fourth-order valence-corrected chi connectivity index (χ4v) is 0.959. The van der Waals surface area contributed by atoms with Gasteiger partial charge < -0.3 is 13.9 Å². The molecule has 2 aromatic rings. The molecule has 0 saturated heterocycles. The predicted octanol–water partition coefficient (Wildman–Crippen LogP) is 1.34. The van der Waals surface area contributed by atoms with Crippen molar-refractivity contribution in [2.24, 2.45) is 0 Å². The monoisotopic (exact) mass is 194 g/mol. The van der Waals surface area contributed by atoms with Crippen LogP contribution in [-0.4, -0.2) is 21.3 Å². The van der Waals surface area contributed by atoms with Crippen LogP contribution in [0.3, 0.4) is 0 Å². The summed E-state index contributed by atoms with van der Waals surface area (Å²) in [6.07, 6.45) is 0. The van der Waals surface area contributed by atoms with Gasteiger partial charge in [-0.2, -0.15) is 0 Å². The fraction of sp³-hybridized carbons (Fsp3) is 0.125. The Labute approximate surface area is 78.2 Å². The lowest BCUT2D eigenvalue weighted by atomic mass is 10.4. The Bertz CT molecular complexity index is 471. The quantitative estimate of drug-likeness (QED) is 0.775. The first-order valence-electron chi connectivity index (χ1n) is 3.80. The van der Waals surface area contributed by atoms with Gasteiger partial charge in [-0.25, -0.2) is 4.79 Å². The van der Waals surface area contributed by atoms with Crippen LogP contribution in [0.25, 0.3) is 11.7 Å². The summed E-state index contributed by atoms with van der Waals surface area (Å²) in [6, 6.07) is 3.36. The van der Waals surface area contributed by atoms with Crippen LogP contribution in [0.15, 0.2) is 21.0 Å². The maximum absolute atomic E-state index is 10.4. The molecule has 6 heteroatoms. The molecule has 2 heterocycles. The Morgan fingerprint density at radius 1 is 1.36 bits per heavy atom. The van der Waals surface area contributed by atoms with Crippen LogP contribution in [0.2, 0.25) is 0 Å². The second-order valence-electron chi connectivity index (χ2n) is 2.63. The average Bonchev–Trinajstić information content (AvgIpc) is 2.70. The number of carboxylic acids is 1. The molecule has 2 rings (SSSR count). The Hall–Kier alpha value is -2.11. The van der Waals surface area contributed by atoms with Gasteiger partial charge in [-0.05, 0) is 19.1 Å². The van der Waals surface area contributed by atoms with E-state index < -0.39 is 11.9 Å². The minimum Gasteiger partial charge on any atom is -0.474 e. The van der Waals surface area contributed by atoms with Gasteiger partial charge in [0.25, 0.3) is 5.89 Å². The van der Waals surface area contributed by atoms with Crippen molar-refractivity contribution in [2.75, 3.05) is 0 Å². The maximum atomic E-state index is 10.4. The lowest BCUT2D eigenvalue weighted by Crippen LogP contribution is -1.95. The normalized spacial score (nSPS) is 10.4. The first kappa shape index (κ1) is 8.49. The lowest BCUT2D eigenvalue weighted by Gasteiger charge is -1.85. The van der Waals surface area contributed by atoms with Crippen LogP contribution in [-0.2, 0) is 0 Å². The van der Waals surface area contributed by atoms with Crippen LogP contribution < -0.4 is 0 Å². The smallest absolute Gasteiger partial charge is 0.393 e. The molecule has 2 aromatic heterocycles. The number of nitrogens with zero attached hydrogens (tertiary/aromatic N) is 2. The van der Waals surface area contributed by atoms with Crippen LogP contribution >= 0.6 is 0 Å². The number of aryl methyl sites for hydroxylation is 1. The average molecular weight is 194 g/mol. The van der Waals surface area contributed by atoms with Crippen molar-refractivity contribution in [1.82, 2.24) is 10.2 Å². The Morgan fingerprint density at radius 2 is 2.14 bits per heavy atom. The van der Waals surface area contributed by atoms with E-state index in [9.17, 15) is 4.79 Å². The molecule has 0 aromatic carbocycles. The van der Waals surface area contributed by atoms with E-state index in [1.165, 1.54) is 0 Å². The molecule has 72 valence electrons. The van der Waals surface area contributed by atoms with E-state index >= 15 is 0 Å². The summed E-state index contributed by atoms with van der Waals surface area (Å²) in [5.41, 5.74) is 0. The second-order valence-corrected chi connectivity index (χ2v) is 2.63. The van der Waals surface area contributed by atoms with Crippen LogP contribution in [0.5, 0.6) is 0 Å². The molecule has 1 N–H and O–H groups in total. The number of furan rings is 1. The highest BCUT2D eigenvalue weighted by atomic mass is 16.4. The summed E-state index contributed by atoms with van der Waals surface area (Å²) >= 11 is 0. The van der Waals surface area contributed by atoms with E-state index in [1.54, 1.807) is 19.1 Å². The lowest BCUT2D eigenvalue weighted by molar-refractivity contribution is 0.0654. The third-order valence-electron chi connectivity index (χ3n) is 1.56. The van der Waals surface area contributed by atoms with Crippen molar-refractivity contribution >= 4 is 5.97 Å². The van der Waals surface area contributed by atoms with Crippen molar-refractivity contribution in [3.8, 4) is 11.7 Å². The van der Waals surface area contributed by atoms with Gasteiger partial charge in [-0.1, -0.05) is 0 Å². The molecule has 0 atom stereocenters. The number of aromatic carboxylic acids is 1. The third-order valence-corrected chi connectivity index (χ3v) is 1.56. The summed E-state index contributed by atoms with van der Waals surface area (Å²) in [6.45, 7) is 1.76. The van der Waals surface area contributed by atoms with E-state index in [4.69, 9.17) is 13.9 Å². The zero-order valence-electron chi connectivity index (χ0n) is 7.22. The number of hydrogen-bond donors (Lipinski definition) is 1. The second kappa shape index (κ2) is 2.99. The number of hydrogen-bond acceptors (Lipinski definition) is 5. The summed E-state index contributed by atoms with van der Waals surface area (Å²) < 4.78 is 10.0. The van der Waals surface area contributed by atoms with E-state index in [0.29, 0.717) is 11.5 Å². The van der Waals surface area contributed by atoms with Crippen molar-refractivity contribution in [3.63, 3.8) is 0 Å². The number of carbonyl (C=O) groups is 1. The molecular formula is C8H6N2O4. The highest BCUT2D eigenvalue weighted by Gasteiger charge is 2.15. The standard InChI is InChI=1S/C8H6N2O4/c1-4-2-3-5(13-4)6-9-10-7(14-6)8(11)12/h2-3H,1H3,(H,11,12). The molecule has 0 aliphatic heterocycles. The highest BCUT2D eigenvalue weighted by Crippen LogP contribution is 2.19. The fourth-order valence-electron chi connectivity index (χ4n) is 0.959. The molecule has 0 unspecified atom stereocenters. The number of carboxylic acid groups (broad SMARTS) is 1. The van der Waals surface area contributed by atoms with Crippen LogP contribution in [0, 0.1) is 6.92 Å². The van der Waals surface area contributed by atoms with Gasteiger partial charge in [-0.3, -0.25) is 0 Å². The van der Waals surface area contributed by atoms with Gasteiger partial charge in [0.2, 0.25) is 0 Å². The summed E-state index contributed by atoms with van der Waals surface area (Å²) in [5.74, 6) is -0.589. The van der Waals surface area contributed by atoms with Gasteiger partial charge in [-0.15, -0.1) is 10.2 Å². The molecule has 0 spiro atoms. The van der Waals surface area contributed by atoms with Crippen molar-refractivity contribution in [3.05, 3.63) is 23.8 Å². The maximum Gasteiger partial charge on any atom is 0.393 e. The molecule has 0 amide bonds. The molecular weight excluding hydrogens is 188 g/mol. The molecule has 0 aliphatic rings. The van der Waals surface area contributed by atoms with Gasteiger partial charge in [0.05, 0.1) is 0 Å². The Morgan fingerprint density at radius 3 is 2.64 bits per heavy atom. The number of rotatable bonds is 2. The first-order valence-corrected chi connectivity index (χ1v) is 3.80.